The Morgan fingerprint density at radius 3 is 2.34 bits per heavy atom. The van der Waals surface area contributed by atoms with Crippen LogP contribution < -0.4 is 18.5 Å². The lowest BCUT2D eigenvalue weighted by molar-refractivity contribution is -0.149. The van der Waals surface area contributed by atoms with E-state index in [0.717, 1.165) is 4.31 Å². The number of methoxy groups -OCH3 is 3. The van der Waals surface area contributed by atoms with Crippen LogP contribution in [-0.4, -0.2) is 128 Å². The number of ether oxygens (including phenoxy) is 5. The Morgan fingerprint density at radius 1 is 0.943 bits per heavy atom. The monoisotopic (exact) mass is 770 g/mol. The Bertz CT molecular complexity index is 1990. The van der Waals surface area contributed by atoms with Crippen molar-refractivity contribution < 1.29 is 46.5 Å². The lowest BCUT2D eigenvalue weighted by Crippen LogP contribution is -2.59. The van der Waals surface area contributed by atoms with Gasteiger partial charge in [0.05, 0.1) is 52.7 Å². The predicted molar refractivity (Wildman–Crippen MR) is 195 cm³/mol. The van der Waals surface area contributed by atoms with Crippen molar-refractivity contribution in [3.8, 4) is 17.2 Å². The molecule has 2 amide bonds. The molecule has 0 N–H and O–H groups in total. The second kappa shape index (κ2) is 15.5. The molecular weight excluding hydrogens is 728 g/mol. The summed E-state index contributed by atoms with van der Waals surface area (Å²) in [5.41, 5.74) is -1.52. The fraction of sp³-hybridized carbons (Fsp3) is 0.432. The highest BCUT2D eigenvalue weighted by atomic mass is 35.5. The Kier molecular flexibility index (Phi) is 11.2. The van der Waals surface area contributed by atoms with Crippen molar-refractivity contribution in [2.75, 3.05) is 79.1 Å². The molecule has 3 aromatic rings. The maximum atomic E-state index is 15.6. The molecule has 0 bridgehead atoms. The molecule has 53 heavy (non-hydrogen) atoms. The molecular formula is C37H43ClN4O10S. The van der Waals surface area contributed by atoms with Crippen LogP contribution in [0.25, 0.3) is 0 Å². The Hall–Kier alpha value is -4.41. The van der Waals surface area contributed by atoms with Crippen LogP contribution in [0.4, 0.5) is 5.69 Å². The third-order valence-electron chi connectivity index (χ3n) is 9.90. The molecule has 0 saturated carbocycles. The average Bonchev–Trinajstić information content (AvgIpc) is 3.69. The Balaban J connectivity index is 1.52. The number of anilines is 1. The van der Waals surface area contributed by atoms with Gasteiger partial charge in [-0.2, -0.15) is 0 Å². The molecule has 2 saturated heterocycles. The summed E-state index contributed by atoms with van der Waals surface area (Å²) in [7, 11) is 2.65. The van der Waals surface area contributed by atoms with Gasteiger partial charge in [0.1, 0.15) is 28.2 Å². The largest absolute Gasteiger partial charge is 0.497 e. The minimum absolute atomic E-state index is 0.0187. The van der Waals surface area contributed by atoms with E-state index in [2.05, 4.69) is 4.90 Å². The number of hydrogen-bond acceptors (Lipinski definition) is 12. The van der Waals surface area contributed by atoms with E-state index < -0.39 is 39.6 Å². The van der Waals surface area contributed by atoms with Crippen molar-refractivity contribution in [2.45, 2.75) is 35.4 Å². The maximum absolute atomic E-state index is 15.6. The number of nitrogens with zero attached hydrogens (tertiary/aromatic N) is 4. The van der Waals surface area contributed by atoms with E-state index in [9.17, 15) is 18.0 Å². The van der Waals surface area contributed by atoms with Crippen LogP contribution in [-0.2, 0) is 39.4 Å². The highest BCUT2D eigenvalue weighted by molar-refractivity contribution is 7.93. The third-order valence-corrected chi connectivity index (χ3v) is 11.9. The van der Waals surface area contributed by atoms with Crippen molar-refractivity contribution in [1.29, 1.82) is 0 Å². The van der Waals surface area contributed by atoms with Crippen LogP contribution in [0, 0.1) is 0 Å². The molecule has 0 radical (unpaired) electrons. The summed E-state index contributed by atoms with van der Waals surface area (Å²) >= 11 is 6.65. The molecule has 3 heterocycles. The molecule has 0 spiro atoms. The first kappa shape index (κ1) is 38.3. The molecule has 284 valence electrons. The van der Waals surface area contributed by atoms with Crippen LogP contribution in [0.1, 0.15) is 24.0 Å². The first-order valence-corrected chi connectivity index (χ1v) is 18.9. The number of carbonyl (C=O) groups is 3. The molecule has 14 nitrogen and oxygen atoms in total. The molecule has 3 aromatic carbocycles. The quantitative estimate of drug-likeness (QED) is 0.250. The van der Waals surface area contributed by atoms with Gasteiger partial charge < -0.3 is 28.6 Å². The van der Waals surface area contributed by atoms with Gasteiger partial charge in [-0.05, 0) is 36.4 Å². The van der Waals surface area contributed by atoms with Crippen molar-refractivity contribution in [3.63, 3.8) is 0 Å². The summed E-state index contributed by atoms with van der Waals surface area (Å²) in [6.07, 6.45) is -0.664. The highest BCUT2D eigenvalue weighted by Gasteiger charge is 2.64. The summed E-state index contributed by atoms with van der Waals surface area (Å²) in [5, 5.41) is 0.220. The summed E-state index contributed by atoms with van der Waals surface area (Å²) in [4.78, 5) is 47.9. The number of carbonyl (C=O) groups excluding carboxylic acids is 3. The van der Waals surface area contributed by atoms with Gasteiger partial charge in [-0.15, -0.1) is 0 Å². The number of sulfonamides is 1. The molecule has 16 heteroatoms. The third kappa shape index (κ3) is 6.92. The summed E-state index contributed by atoms with van der Waals surface area (Å²) < 4.78 is 58.4. The van der Waals surface area contributed by atoms with Gasteiger partial charge in [0.2, 0.25) is 5.91 Å². The van der Waals surface area contributed by atoms with E-state index in [0.29, 0.717) is 38.6 Å². The van der Waals surface area contributed by atoms with Crippen LogP contribution in [0.5, 0.6) is 17.2 Å². The lowest BCUT2D eigenvalue weighted by Gasteiger charge is -2.42. The fourth-order valence-corrected chi connectivity index (χ4v) is 9.19. The number of esters is 1. The van der Waals surface area contributed by atoms with Crippen LogP contribution in [0.15, 0.2) is 65.6 Å². The minimum atomic E-state index is -4.72. The van der Waals surface area contributed by atoms with Gasteiger partial charge in [-0.3, -0.25) is 24.2 Å². The fourth-order valence-electron chi connectivity index (χ4n) is 7.41. The average molecular weight is 771 g/mol. The van der Waals surface area contributed by atoms with E-state index in [1.54, 1.807) is 43.3 Å². The maximum Gasteiger partial charge on any atom is 0.307 e. The van der Waals surface area contributed by atoms with Gasteiger partial charge in [-0.25, -0.2) is 12.7 Å². The van der Waals surface area contributed by atoms with Crippen molar-refractivity contribution in [1.82, 2.24) is 14.7 Å². The smallest absolute Gasteiger partial charge is 0.307 e. The Morgan fingerprint density at radius 2 is 1.66 bits per heavy atom. The summed E-state index contributed by atoms with van der Waals surface area (Å²) in [6.45, 7) is 2.97. The standard InChI is InChI=1S/C37H43ClN4O10S/c1-39(2)35(44)30-21-26(52-34(43)14-15-40-16-18-51-19-17-40)23-41(30)37(27-8-6-7-9-31(27)49-4)28-20-24(38)10-12-29(28)42(36(37)45)53(46,47)33-13-11-25(48-3)22-32(33)50-5/h6-13,20,22,26,30H,14-19,21,23H2,1-5H3. The second-order valence-corrected chi connectivity index (χ2v) is 15.3. The molecule has 3 atom stereocenters. The van der Waals surface area contributed by atoms with Crippen molar-refractivity contribution in [2.24, 2.45) is 0 Å². The number of likely N-dealkylation sites (tertiary alicyclic amines) is 1. The van der Waals surface area contributed by atoms with Crippen LogP contribution >= 0.6 is 11.6 Å². The van der Waals surface area contributed by atoms with E-state index in [1.165, 1.54) is 62.6 Å². The minimum Gasteiger partial charge on any atom is -0.497 e. The van der Waals surface area contributed by atoms with Crippen molar-refractivity contribution in [3.05, 3.63) is 76.8 Å². The van der Waals surface area contributed by atoms with E-state index in [4.69, 9.17) is 35.3 Å². The number of para-hydroxylation sites is 1. The van der Waals surface area contributed by atoms with E-state index >= 15 is 4.79 Å². The van der Waals surface area contributed by atoms with Gasteiger partial charge in [-0.1, -0.05) is 29.8 Å². The first-order valence-electron chi connectivity index (χ1n) is 17.1. The number of morpholine rings is 1. The van der Waals surface area contributed by atoms with Crippen LogP contribution in [0.3, 0.4) is 0 Å². The van der Waals surface area contributed by atoms with Gasteiger partial charge in [0.15, 0.2) is 5.54 Å². The zero-order valence-corrected chi connectivity index (χ0v) is 31.8. The van der Waals surface area contributed by atoms with Crippen LogP contribution in [0.2, 0.25) is 5.02 Å². The zero-order valence-electron chi connectivity index (χ0n) is 30.2. The number of amides is 2. The molecule has 2 fully saturated rings. The number of fused-ring (bicyclic) bond motifs is 1. The molecule has 3 aliphatic rings. The van der Waals surface area contributed by atoms with Crippen molar-refractivity contribution >= 4 is 45.1 Å². The van der Waals surface area contributed by atoms with Gasteiger partial charge in [0, 0.05) is 68.9 Å². The summed E-state index contributed by atoms with van der Waals surface area (Å²) in [5.74, 6) is -1.18. The molecule has 0 aromatic heterocycles. The topological polar surface area (TPSA) is 144 Å². The predicted octanol–water partition coefficient (Wildman–Crippen LogP) is 3.14. The molecule has 3 aliphatic heterocycles. The number of halogens is 1. The Labute approximate surface area is 314 Å². The first-order chi connectivity index (χ1) is 25.4. The molecule has 6 rings (SSSR count). The highest BCUT2D eigenvalue weighted by Crippen LogP contribution is 2.55. The van der Waals surface area contributed by atoms with E-state index in [-0.39, 0.29) is 63.5 Å². The van der Waals surface area contributed by atoms with Gasteiger partial charge in [0.25, 0.3) is 15.9 Å². The lowest BCUT2D eigenvalue weighted by atomic mass is 9.80. The number of likely N-dealkylation sites (N-methyl/N-ethyl adjacent to an activating group) is 1. The molecule has 3 unspecified atom stereocenters. The molecule has 0 aliphatic carbocycles. The number of rotatable bonds is 12. The normalized spacial score (nSPS) is 22.0. The SMILES string of the molecule is COc1ccc(S(=O)(=O)N2C(=O)C(c3ccccc3OC)(N3CC(OC(=O)CCN4CCOCC4)CC3C(=O)N(C)C)c3cc(Cl)ccc32)c(OC)c1. The number of benzene rings is 3. The zero-order chi connectivity index (χ0) is 38.1. The van der Waals surface area contributed by atoms with E-state index in [1.807, 2.05) is 0 Å². The second-order valence-electron chi connectivity index (χ2n) is 13.1. The van der Waals surface area contributed by atoms with Gasteiger partial charge >= 0.3 is 5.97 Å². The number of hydrogen-bond donors (Lipinski definition) is 0. The summed E-state index contributed by atoms with van der Waals surface area (Å²) in [6, 6.07) is 14.3.